The Morgan fingerprint density at radius 3 is 2.48 bits per heavy atom. The number of esters is 1. The lowest BCUT2D eigenvalue weighted by Gasteiger charge is -2.17. The number of benzene rings is 1. The summed E-state index contributed by atoms with van der Waals surface area (Å²) in [5.41, 5.74) is 0.589. The van der Waals surface area contributed by atoms with Crippen molar-refractivity contribution in [1.29, 1.82) is 0 Å². The lowest BCUT2D eigenvalue weighted by molar-refractivity contribution is 0.0323. The normalized spacial score (nSPS) is 12.8. The largest absolute Gasteiger partial charge is 0.459 e. The molecule has 0 fully saturated rings. The van der Waals surface area contributed by atoms with E-state index in [0.29, 0.717) is 5.69 Å². The maximum absolute atomic E-state index is 12.0. The van der Waals surface area contributed by atoms with Gasteiger partial charge in [0.1, 0.15) is 4.90 Å². The van der Waals surface area contributed by atoms with E-state index >= 15 is 0 Å². The number of anilines is 1. The molecule has 0 saturated heterocycles. The van der Waals surface area contributed by atoms with Crippen LogP contribution >= 0.6 is 10.7 Å². The predicted molar refractivity (Wildman–Crippen MR) is 83.6 cm³/mol. The molecule has 0 bridgehead atoms. The van der Waals surface area contributed by atoms with Crippen molar-refractivity contribution in [3.05, 3.63) is 23.8 Å². The molecule has 0 aliphatic heterocycles. The van der Waals surface area contributed by atoms with Gasteiger partial charge in [0.2, 0.25) is 0 Å². The van der Waals surface area contributed by atoms with Crippen molar-refractivity contribution in [1.82, 2.24) is 0 Å². The van der Waals surface area contributed by atoms with Crippen LogP contribution in [0.1, 0.15) is 37.0 Å². The van der Waals surface area contributed by atoms with Crippen LogP contribution in [0, 0.1) is 0 Å². The molecule has 0 spiro atoms. The summed E-state index contributed by atoms with van der Waals surface area (Å²) in [5, 5.41) is 0. The van der Waals surface area contributed by atoms with Gasteiger partial charge in [-0.2, -0.15) is 0 Å². The molecule has 21 heavy (non-hydrogen) atoms. The van der Waals surface area contributed by atoms with E-state index in [0.717, 1.165) is 12.8 Å². The molecule has 0 aromatic heterocycles. The highest BCUT2D eigenvalue weighted by Crippen LogP contribution is 2.28. The minimum atomic E-state index is -3.95. The highest BCUT2D eigenvalue weighted by Gasteiger charge is 2.21. The van der Waals surface area contributed by atoms with E-state index < -0.39 is 15.0 Å². The average Bonchev–Trinajstić information content (AvgIpc) is 2.37. The summed E-state index contributed by atoms with van der Waals surface area (Å²) in [4.78, 5) is 13.5. The molecule has 0 aliphatic carbocycles. The molecular weight excluding hydrogens is 314 g/mol. The second kappa shape index (κ2) is 7.13. The van der Waals surface area contributed by atoms with E-state index in [-0.39, 0.29) is 16.6 Å². The maximum atomic E-state index is 12.0. The fraction of sp³-hybridized carbons (Fsp3) is 0.500. The molecule has 5 nitrogen and oxygen atoms in total. The van der Waals surface area contributed by atoms with Crippen LogP contribution in [0.15, 0.2) is 23.1 Å². The summed E-state index contributed by atoms with van der Waals surface area (Å²) in [6.45, 7) is 3.79. The molecule has 0 aliphatic rings. The second-order valence-corrected chi connectivity index (χ2v) is 7.55. The molecule has 1 rings (SSSR count). The zero-order valence-corrected chi connectivity index (χ0v) is 14.2. The van der Waals surface area contributed by atoms with Gasteiger partial charge in [-0.3, -0.25) is 0 Å². The standard InChI is InChI=1S/C14H20ClNO4S/c1-5-6-10(2)20-14(17)11-7-8-12(16(3)4)13(9-11)21(15,18)19/h7-10H,5-6H2,1-4H3. The van der Waals surface area contributed by atoms with Gasteiger partial charge >= 0.3 is 5.97 Å². The highest BCUT2D eigenvalue weighted by molar-refractivity contribution is 8.13. The predicted octanol–water partition coefficient (Wildman–Crippen LogP) is 3.03. The molecule has 0 radical (unpaired) electrons. The van der Waals surface area contributed by atoms with Gasteiger partial charge in [-0.1, -0.05) is 13.3 Å². The average molecular weight is 334 g/mol. The molecule has 1 aromatic carbocycles. The Morgan fingerprint density at radius 2 is 2.00 bits per heavy atom. The quantitative estimate of drug-likeness (QED) is 0.591. The van der Waals surface area contributed by atoms with Crippen LogP contribution in [0.25, 0.3) is 0 Å². The minimum Gasteiger partial charge on any atom is -0.459 e. The number of hydrogen-bond acceptors (Lipinski definition) is 5. The number of hydrogen-bond donors (Lipinski definition) is 0. The smallest absolute Gasteiger partial charge is 0.338 e. The molecular formula is C14H20ClNO4S. The topological polar surface area (TPSA) is 63.7 Å². The first-order valence-electron chi connectivity index (χ1n) is 6.63. The van der Waals surface area contributed by atoms with Crippen molar-refractivity contribution < 1.29 is 17.9 Å². The molecule has 0 saturated carbocycles. The summed E-state index contributed by atoms with van der Waals surface area (Å²) in [7, 11) is 4.88. The molecule has 1 atom stereocenters. The zero-order chi connectivity index (χ0) is 16.2. The van der Waals surface area contributed by atoms with Gasteiger partial charge in [-0.15, -0.1) is 0 Å². The number of carbonyl (C=O) groups excluding carboxylic acids is 1. The Balaban J connectivity index is 3.14. The number of ether oxygens (including phenoxy) is 1. The summed E-state index contributed by atoms with van der Waals surface area (Å²) in [6, 6.07) is 4.32. The van der Waals surface area contributed by atoms with Gasteiger partial charge in [0.15, 0.2) is 0 Å². The van der Waals surface area contributed by atoms with Crippen molar-refractivity contribution in [2.45, 2.75) is 37.7 Å². The zero-order valence-electron chi connectivity index (χ0n) is 12.6. The van der Waals surface area contributed by atoms with E-state index in [1.807, 2.05) is 6.92 Å². The van der Waals surface area contributed by atoms with Gasteiger partial charge in [-0.25, -0.2) is 13.2 Å². The van der Waals surface area contributed by atoms with E-state index in [1.165, 1.54) is 18.2 Å². The summed E-state index contributed by atoms with van der Waals surface area (Å²) >= 11 is 0. The van der Waals surface area contributed by atoms with Crippen molar-refractivity contribution in [3.8, 4) is 0 Å². The third-order valence-corrected chi connectivity index (χ3v) is 4.29. The number of halogens is 1. The first kappa shape index (κ1) is 17.8. The second-order valence-electron chi connectivity index (χ2n) is 5.02. The summed E-state index contributed by atoms with van der Waals surface area (Å²) in [6.07, 6.45) is 1.43. The molecule has 0 N–H and O–H groups in total. The SMILES string of the molecule is CCCC(C)OC(=O)c1ccc(N(C)C)c(S(=O)(=O)Cl)c1. The van der Waals surface area contributed by atoms with Crippen molar-refractivity contribution in [3.63, 3.8) is 0 Å². The van der Waals surface area contributed by atoms with Crippen LogP contribution in [0.2, 0.25) is 0 Å². The van der Waals surface area contributed by atoms with E-state index in [1.54, 1.807) is 25.9 Å². The molecule has 7 heteroatoms. The molecule has 118 valence electrons. The Bertz CT molecular complexity index is 613. The number of nitrogens with zero attached hydrogens (tertiary/aromatic N) is 1. The van der Waals surface area contributed by atoms with Crippen molar-refractivity contribution in [2.75, 3.05) is 19.0 Å². The maximum Gasteiger partial charge on any atom is 0.338 e. The van der Waals surface area contributed by atoms with Crippen LogP contribution < -0.4 is 4.90 Å². The lowest BCUT2D eigenvalue weighted by atomic mass is 10.2. The summed E-state index contributed by atoms with van der Waals surface area (Å²) in [5.74, 6) is -0.553. The van der Waals surface area contributed by atoms with Gasteiger partial charge in [-0.05, 0) is 31.5 Å². The van der Waals surface area contributed by atoms with Crippen molar-refractivity contribution in [2.24, 2.45) is 0 Å². The van der Waals surface area contributed by atoms with Crippen molar-refractivity contribution >= 4 is 31.4 Å². The Hall–Kier alpha value is -1.27. The third kappa shape index (κ3) is 4.89. The Morgan fingerprint density at radius 1 is 1.38 bits per heavy atom. The highest BCUT2D eigenvalue weighted by atomic mass is 35.7. The van der Waals surface area contributed by atoms with Crippen LogP contribution in [0.4, 0.5) is 5.69 Å². The Kier molecular flexibility index (Phi) is 6.04. The Labute approximate surface area is 130 Å². The fourth-order valence-corrected chi connectivity index (χ4v) is 3.06. The molecule has 1 unspecified atom stereocenters. The third-order valence-electron chi connectivity index (χ3n) is 2.94. The van der Waals surface area contributed by atoms with Gasteiger partial charge < -0.3 is 9.64 Å². The van der Waals surface area contributed by atoms with Gasteiger partial charge in [0.25, 0.3) is 9.05 Å². The van der Waals surface area contributed by atoms with Crippen LogP contribution in [0.5, 0.6) is 0 Å². The molecule has 1 aromatic rings. The van der Waals surface area contributed by atoms with E-state index in [2.05, 4.69) is 0 Å². The molecule has 0 amide bonds. The first-order chi connectivity index (χ1) is 9.66. The van der Waals surface area contributed by atoms with Crippen LogP contribution in [-0.2, 0) is 13.8 Å². The van der Waals surface area contributed by atoms with E-state index in [9.17, 15) is 13.2 Å². The molecule has 0 heterocycles. The minimum absolute atomic E-state index is 0.105. The van der Waals surface area contributed by atoms with Crippen LogP contribution in [0.3, 0.4) is 0 Å². The number of rotatable bonds is 6. The number of carbonyl (C=O) groups is 1. The van der Waals surface area contributed by atoms with Crippen LogP contribution in [-0.4, -0.2) is 34.6 Å². The van der Waals surface area contributed by atoms with Gasteiger partial charge in [0, 0.05) is 24.8 Å². The first-order valence-corrected chi connectivity index (χ1v) is 8.94. The summed E-state index contributed by atoms with van der Waals surface area (Å²) < 4.78 is 28.5. The van der Waals surface area contributed by atoms with E-state index in [4.69, 9.17) is 15.4 Å². The lowest BCUT2D eigenvalue weighted by Crippen LogP contribution is -2.17. The monoisotopic (exact) mass is 333 g/mol. The fourth-order valence-electron chi connectivity index (χ4n) is 1.92. The van der Waals surface area contributed by atoms with Gasteiger partial charge in [0.05, 0.1) is 17.4 Å².